The summed E-state index contributed by atoms with van der Waals surface area (Å²) in [6.45, 7) is 1.37. The van der Waals surface area contributed by atoms with Gasteiger partial charge < -0.3 is 25.0 Å². The molecule has 1 fully saturated rings. The highest BCUT2D eigenvalue weighted by Gasteiger charge is 2.47. The van der Waals surface area contributed by atoms with Crippen LogP contribution < -0.4 is 20.1 Å². The summed E-state index contributed by atoms with van der Waals surface area (Å²) in [5.41, 5.74) is 0.622. The quantitative estimate of drug-likeness (QED) is 0.740. The third kappa shape index (κ3) is 4.61. The van der Waals surface area contributed by atoms with Gasteiger partial charge in [-0.15, -0.1) is 0 Å². The molecule has 0 saturated heterocycles. The summed E-state index contributed by atoms with van der Waals surface area (Å²) in [6, 6.07) is 5.17. The highest BCUT2D eigenvalue weighted by Crippen LogP contribution is 2.40. The molecule has 0 spiro atoms. The molecule has 7 heteroatoms. The lowest BCUT2D eigenvalue weighted by Gasteiger charge is -2.11. The first kappa shape index (κ1) is 18.1. The van der Waals surface area contributed by atoms with Gasteiger partial charge in [-0.1, -0.05) is 0 Å². The molecular weight excluding hydrogens is 310 g/mol. The molecule has 2 amide bonds. The van der Waals surface area contributed by atoms with Crippen LogP contribution in [0.3, 0.4) is 0 Å². The summed E-state index contributed by atoms with van der Waals surface area (Å²) in [6.07, 6.45) is 0.590. The summed E-state index contributed by atoms with van der Waals surface area (Å²) < 4.78 is 10.4. The Morgan fingerprint density at radius 2 is 1.79 bits per heavy atom. The normalized spacial score (nSPS) is 18.9. The fourth-order valence-electron chi connectivity index (χ4n) is 2.46. The Hall–Kier alpha value is -2.28. The van der Waals surface area contributed by atoms with E-state index in [4.69, 9.17) is 9.47 Å². The molecule has 0 aliphatic heterocycles. The van der Waals surface area contributed by atoms with Crippen molar-refractivity contribution in [3.63, 3.8) is 0 Å². The Balaban J connectivity index is 1.85. The van der Waals surface area contributed by atoms with Crippen molar-refractivity contribution in [2.45, 2.75) is 6.42 Å². The molecule has 2 rings (SSSR count). The first-order chi connectivity index (χ1) is 11.5. The van der Waals surface area contributed by atoms with Gasteiger partial charge in [0.1, 0.15) is 0 Å². The van der Waals surface area contributed by atoms with Crippen molar-refractivity contribution in [1.82, 2.24) is 10.2 Å². The highest BCUT2D eigenvalue weighted by atomic mass is 16.5. The van der Waals surface area contributed by atoms with Gasteiger partial charge in [0.05, 0.1) is 26.1 Å². The number of methoxy groups -OCH3 is 2. The van der Waals surface area contributed by atoms with Crippen LogP contribution in [-0.4, -0.2) is 58.1 Å². The predicted octanol–water partition coefficient (Wildman–Crippen LogP) is 0.956. The van der Waals surface area contributed by atoms with Crippen LogP contribution in [0.25, 0.3) is 0 Å². The number of benzene rings is 1. The number of hydrogen-bond donors (Lipinski definition) is 2. The van der Waals surface area contributed by atoms with Gasteiger partial charge >= 0.3 is 0 Å². The Labute approximate surface area is 142 Å². The molecule has 24 heavy (non-hydrogen) atoms. The van der Waals surface area contributed by atoms with Gasteiger partial charge in [0, 0.05) is 24.8 Å². The second-order valence-electron chi connectivity index (χ2n) is 6.10. The van der Waals surface area contributed by atoms with Crippen LogP contribution in [0.1, 0.15) is 6.42 Å². The highest BCUT2D eigenvalue weighted by molar-refractivity contribution is 5.99. The molecule has 0 heterocycles. The van der Waals surface area contributed by atoms with Crippen molar-refractivity contribution in [3.8, 4) is 11.5 Å². The maximum Gasteiger partial charge on any atom is 0.228 e. The number of carbonyl (C=O) groups excluding carboxylic acids is 2. The first-order valence-electron chi connectivity index (χ1n) is 7.91. The van der Waals surface area contributed by atoms with Crippen LogP contribution in [0, 0.1) is 11.8 Å². The summed E-state index contributed by atoms with van der Waals surface area (Å²) in [4.78, 5) is 26.2. The van der Waals surface area contributed by atoms with Gasteiger partial charge in [-0.05, 0) is 32.6 Å². The third-order valence-corrected chi connectivity index (χ3v) is 3.97. The molecule has 1 aliphatic carbocycles. The van der Waals surface area contributed by atoms with E-state index in [1.54, 1.807) is 32.4 Å². The lowest BCUT2D eigenvalue weighted by Crippen LogP contribution is -2.33. The van der Waals surface area contributed by atoms with E-state index in [0.717, 1.165) is 6.54 Å². The van der Waals surface area contributed by atoms with Crippen LogP contribution in [0.5, 0.6) is 11.5 Å². The average Bonchev–Trinajstić information content (AvgIpc) is 3.35. The summed E-state index contributed by atoms with van der Waals surface area (Å²) in [7, 11) is 6.99. The molecule has 1 saturated carbocycles. The molecule has 0 bridgehead atoms. The van der Waals surface area contributed by atoms with Crippen molar-refractivity contribution in [3.05, 3.63) is 18.2 Å². The first-order valence-corrected chi connectivity index (χ1v) is 7.91. The minimum Gasteiger partial charge on any atom is -0.493 e. The number of nitrogens with zero attached hydrogens (tertiary/aromatic N) is 1. The van der Waals surface area contributed by atoms with Gasteiger partial charge in [0.2, 0.25) is 11.8 Å². The fourth-order valence-corrected chi connectivity index (χ4v) is 2.46. The predicted molar refractivity (Wildman–Crippen MR) is 91.3 cm³/mol. The Morgan fingerprint density at radius 3 is 2.42 bits per heavy atom. The van der Waals surface area contributed by atoms with E-state index in [9.17, 15) is 9.59 Å². The fraction of sp³-hybridized carbons (Fsp3) is 0.529. The van der Waals surface area contributed by atoms with Crippen LogP contribution in [0.4, 0.5) is 5.69 Å². The van der Waals surface area contributed by atoms with Crippen LogP contribution in [0.2, 0.25) is 0 Å². The van der Waals surface area contributed by atoms with E-state index in [0.29, 0.717) is 30.2 Å². The number of hydrogen-bond acceptors (Lipinski definition) is 5. The molecule has 7 nitrogen and oxygen atoms in total. The zero-order chi connectivity index (χ0) is 17.7. The van der Waals surface area contributed by atoms with E-state index in [2.05, 4.69) is 10.6 Å². The summed E-state index contributed by atoms with van der Waals surface area (Å²) >= 11 is 0. The molecule has 1 aromatic rings. The minimum atomic E-state index is -0.266. The van der Waals surface area contributed by atoms with E-state index in [1.807, 2.05) is 19.0 Å². The topological polar surface area (TPSA) is 79.9 Å². The molecule has 0 aromatic heterocycles. The number of amides is 2. The van der Waals surface area contributed by atoms with Gasteiger partial charge in [0.25, 0.3) is 0 Å². The molecule has 132 valence electrons. The van der Waals surface area contributed by atoms with Crippen LogP contribution >= 0.6 is 0 Å². The lowest BCUT2D eigenvalue weighted by atomic mass is 10.2. The minimum absolute atomic E-state index is 0.0516. The standard InChI is InChI=1S/C17H25N3O4/c1-20(2)8-7-18-16(21)12-10-13(12)17(22)19-11-5-6-14(23-3)15(9-11)24-4/h5-6,9,12-13H,7-8,10H2,1-4H3,(H,18,21)(H,19,22). The maximum atomic E-state index is 12.3. The van der Waals surface area contributed by atoms with E-state index in [-0.39, 0.29) is 23.7 Å². The van der Waals surface area contributed by atoms with Crippen molar-refractivity contribution in [1.29, 1.82) is 0 Å². The van der Waals surface area contributed by atoms with Crippen molar-refractivity contribution >= 4 is 17.5 Å². The number of ether oxygens (including phenoxy) is 2. The number of rotatable bonds is 8. The monoisotopic (exact) mass is 335 g/mol. The van der Waals surface area contributed by atoms with Gasteiger partial charge in [-0.2, -0.15) is 0 Å². The average molecular weight is 335 g/mol. The van der Waals surface area contributed by atoms with Gasteiger partial charge in [-0.3, -0.25) is 9.59 Å². The lowest BCUT2D eigenvalue weighted by molar-refractivity contribution is -0.125. The van der Waals surface area contributed by atoms with Gasteiger partial charge in [0.15, 0.2) is 11.5 Å². The number of nitrogens with one attached hydrogen (secondary N) is 2. The molecular formula is C17H25N3O4. The Bertz CT molecular complexity index is 603. The maximum absolute atomic E-state index is 12.3. The third-order valence-electron chi connectivity index (χ3n) is 3.97. The van der Waals surface area contributed by atoms with Crippen molar-refractivity contribution < 1.29 is 19.1 Å². The molecule has 2 N–H and O–H groups in total. The number of carbonyl (C=O) groups is 2. The summed E-state index contributed by atoms with van der Waals surface area (Å²) in [5.74, 6) is 0.452. The Kier molecular flexibility index (Phi) is 6.03. The zero-order valence-electron chi connectivity index (χ0n) is 14.6. The van der Waals surface area contributed by atoms with E-state index >= 15 is 0 Å². The molecule has 2 unspecified atom stereocenters. The van der Waals surface area contributed by atoms with Crippen LogP contribution in [-0.2, 0) is 9.59 Å². The SMILES string of the molecule is COc1ccc(NC(=O)C2CC2C(=O)NCCN(C)C)cc1OC. The summed E-state index contributed by atoms with van der Waals surface area (Å²) in [5, 5.41) is 5.69. The number of likely N-dealkylation sites (N-methyl/N-ethyl adjacent to an activating group) is 1. The van der Waals surface area contributed by atoms with E-state index < -0.39 is 0 Å². The largest absolute Gasteiger partial charge is 0.493 e. The second-order valence-corrected chi connectivity index (χ2v) is 6.10. The zero-order valence-corrected chi connectivity index (χ0v) is 14.6. The number of anilines is 1. The van der Waals surface area contributed by atoms with E-state index in [1.165, 1.54) is 0 Å². The second kappa shape index (κ2) is 8.01. The smallest absolute Gasteiger partial charge is 0.228 e. The van der Waals surface area contributed by atoms with Crippen molar-refractivity contribution in [2.24, 2.45) is 11.8 Å². The molecule has 1 aromatic carbocycles. The Morgan fingerprint density at radius 1 is 1.12 bits per heavy atom. The molecule has 2 atom stereocenters. The molecule has 0 radical (unpaired) electrons. The van der Waals surface area contributed by atoms with Crippen LogP contribution in [0.15, 0.2) is 18.2 Å². The van der Waals surface area contributed by atoms with Crippen molar-refractivity contribution in [2.75, 3.05) is 46.7 Å². The molecule has 1 aliphatic rings. The van der Waals surface area contributed by atoms with Gasteiger partial charge in [-0.25, -0.2) is 0 Å².